The first kappa shape index (κ1) is 20.5. The molecule has 4 aromatic heterocycles. The minimum Gasteiger partial charge on any atom is -0.350 e. The number of thioether (sulfide) groups is 1. The standard InChI is InChI=1S/C21H20ClN5O2S2/c22-12-4-5-17-24-13(10-27(17)9-12)8-23-18(28)6-7-30-11-16-25-20(29)19-14-2-1-3-15(14)31-21(19)26-16/h4-5,9-10H,1-3,6-8,11H2,(H,23,28)(H,25,26,29). The molecule has 0 saturated heterocycles. The van der Waals surface area contributed by atoms with Crippen molar-refractivity contribution < 1.29 is 4.79 Å². The van der Waals surface area contributed by atoms with Crippen molar-refractivity contribution in [3.05, 3.63) is 61.9 Å². The van der Waals surface area contributed by atoms with Gasteiger partial charge in [-0.1, -0.05) is 11.6 Å². The predicted octanol–water partition coefficient (Wildman–Crippen LogP) is 3.71. The SMILES string of the molecule is O=C(CCSCc1nc2sc3c(c2c(=O)[nH]1)CCC3)NCc1cn2cc(Cl)ccc2n1. The minimum atomic E-state index is -0.0357. The molecular weight excluding hydrogens is 454 g/mol. The predicted molar refractivity (Wildman–Crippen MR) is 125 cm³/mol. The third-order valence-electron chi connectivity index (χ3n) is 5.27. The Balaban J connectivity index is 1.11. The van der Waals surface area contributed by atoms with Crippen LogP contribution in [0.15, 0.2) is 29.3 Å². The van der Waals surface area contributed by atoms with E-state index in [9.17, 15) is 9.59 Å². The van der Waals surface area contributed by atoms with Crippen LogP contribution in [0.25, 0.3) is 15.9 Å². The summed E-state index contributed by atoms with van der Waals surface area (Å²) in [5, 5.41) is 4.31. The van der Waals surface area contributed by atoms with Crippen molar-refractivity contribution in [2.75, 3.05) is 5.75 Å². The number of aryl methyl sites for hydroxylation is 2. The molecule has 0 radical (unpaired) electrons. The Labute approximate surface area is 191 Å². The van der Waals surface area contributed by atoms with E-state index in [-0.39, 0.29) is 11.5 Å². The van der Waals surface area contributed by atoms with E-state index in [0.29, 0.717) is 35.3 Å². The van der Waals surface area contributed by atoms with Crippen molar-refractivity contribution in [2.24, 2.45) is 0 Å². The molecule has 0 atom stereocenters. The molecule has 0 aliphatic heterocycles. The van der Waals surface area contributed by atoms with Crippen molar-refractivity contribution in [3.8, 4) is 0 Å². The third kappa shape index (κ3) is 4.35. The summed E-state index contributed by atoms with van der Waals surface area (Å²) in [5.41, 5.74) is 2.73. The maximum absolute atomic E-state index is 12.5. The summed E-state index contributed by atoms with van der Waals surface area (Å²) in [6.45, 7) is 0.372. The lowest BCUT2D eigenvalue weighted by Crippen LogP contribution is -2.23. The van der Waals surface area contributed by atoms with E-state index >= 15 is 0 Å². The fourth-order valence-electron chi connectivity index (χ4n) is 3.83. The van der Waals surface area contributed by atoms with E-state index in [2.05, 4.69) is 20.3 Å². The number of aromatic nitrogens is 4. The normalized spacial score (nSPS) is 13.2. The number of H-pyrrole nitrogens is 1. The molecule has 0 unspecified atom stereocenters. The largest absolute Gasteiger partial charge is 0.350 e. The van der Waals surface area contributed by atoms with Gasteiger partial charge in [-0.25, -0.2) is 9.97 Å². The van der Waals surface area contributed by atoms with Gasteiger partial charge in [0.1, 0.15) is 16.3 Å². The van der Waals surface area contributed by atoms with Crippen molar-refractivity contribution in [1.82, 2.24) is 24.7 Å². The van der Waals surface area contributed by atoms with Gasteiger partial charge in [-0.2, -0.15) is 11.8 Å². The molecule has 0 aromatic carbocycles. The fourth-order valence-corrected chi connectivity index (χ4v) is 6.08. The summed E-state index contributed by atoms with van der Waals surface area (Å²) in [5.74, 6) is 1.86. The number of carbonyl (C=O) groups is 1. The topological polar surface area (TPSA) is 92.1 Å². The highest BCUT2D eigenvalue weighted by molar-refractivity contribution is 7.98. The molecule has 4 heterocycles. The maximum Gasteiger partial charge on any atom is 0.259 e. The average molecular weight is 474 g/mol. The second-order valence-corrected chi connectivity index (χ2v) is 10.1. The third-order valence-corrected chi connectivity index (χ3v) is 7.65. The van der Waals surface area contributed by atoms with Crippen LogP contribution in [0.5, 0.6) is 0 Å². The quantitative estimate of drug-likeness (QED) is 0.399. The molecule has 10 heteroatoms. The number of carbonyl (C=O) groups excluding carboxylic acids is 1. The molecule has 0 spiro atoms. The molecule has 4 aromatic rings. The number of hydrogen-bond acceptors (Lipinski definition) is 6. The number of fused-ring (bicyclic) bond motifs is 4. The molecule has 2 N–H and O–H groups in total. The Hall–Kier alpha value is -2.36. The Morgan fingerprint density at radius 1 is 1.29 bits per heavy atom. The molecule has 0 saturated carbocycles. The molecule has 31 heavy (non-hydrogen) atoms. The van der Waals surface area contributed by atoms with Crippen LogP contribution in [0.2, 0.25) is 5.02 Å². The van der Waals surface area contributed by atoms with Gasteiger partial charge >= 0.3 is 0 Å². The molecule has 1 amide bonds. The first-order valence-corrected chi connectivity index (χ1v) is 12.4. The molecular formula is C21H20ClN5O2S2. The molecule has 0 bridgehead atoms. The summed E-state index contributed by atoms with van der Waals surface area (Å²) >= 11 is 9.21. The minimum absolute atomic E-state index is 0.0332. The Morgan fingerprint density at radius 3 is 3.10 bits per heavy atom. The smallest absolute Gasteiger partial charge is 0.259 e. The number of thiophene rings is 1. The lowest BCUT2D eigenvalue weighted by Gasteiger charge is -2.04. The van der Waals surface area contributed by atoms with Crippen molar-refractivity contribution >= 4 is 56.5 Å². The number of halogens is 1. The monoisotopic (exact) mass is 473 g/mol. The van der Waals surface area contributed by atoms with Gasteiger partial charge in [0.15, 0.2) is 0 Å². The zero-order chi connectivity index (χ0) is 21.4. The van der Waals surface area contributed by atoms with E-state index in [1.165, 1.54) is 10.4 Å². The first-order valence-electron chi connectivity index (χ1n) is 10.1. The number of aromatic amines is 1. The van der Waals surface area contributed by atoms with Gasteiger partial charge in [-0.05, 0) is 37.0 Å². The Kier molecular flexibility index (Phi) is 5.73. The van der Waals surface area contributed by atoms with Gasteiger partial charge < -0.3 is 14.7 Å². The van der Waals surface area contributed by atoms with Crippen molar-refractivity contribution in [2.45, 2.75) is 38.0 Å². The van der Waals surface area contributed by atoms with E-state index in [1.54, 1.807) is 35.4 Å². The average Bonchev–Trinajstić information content (AvgIpc) is 3.43. The number of imidazole rings is 1. The Bertz CT molecular complexity index is 1340. The fraction of sp³-hybridized carbons (Fsp3) is 0.333. The van der Waals surface area contributed by atoms with E-state index in [1.807, 2.05) is 16.7 Å². The van der Waals surface area contributed by atoms with Crippen LogP contribution < -0.4 is 10.9 Å². The molecule has 160 valence electrons. The summed E-state index contributed by atoms with van der Waals surface area (Å²) in [7, 11) is 0. The summed E-state index contributed by atoms with van der Waals surface area (Å²) < 4.78 is 1.84. The van der Waals surface area contributed by atoms with Gasteiger partial charge in [0.05, 0.1) is 28.4 Å². The second kappa shape index (κ2) is 8.64. The number of rotatable bonds is 7. The van der Waals surface area contributed by atoms with Crippen LogP contribution >= 0.6 is 34.7 Å². The zero-order valence-electron chi connectivity index (χ0n) is 16.6. The van der Waals surface area contributed by atoms with E-state index in [0.717, 1.165) is 40.8 Å². The summed E-state index contributed by atoms with van der Waals surface area (Å²) in [6, 6.07) is 3.62. The molecule has 7 nitrogen and oxygen atoms in total. The number of amides is 1. The molecule has 5 rings (SSSR count). The number of pyridine rings is 1. The van der Waals surface area contributed by atoms with E-state index < -0.39 is 0 Å². The van der Waals surface area contributed by atoms with E-state index in [4.69, 9.17) is 11.6 Å². The lowest BCUT2D eigenvalue weighted by molar-refractivity contribution is -0.120. The van der Waals surface area contributed by atoms with Crippen LogP contribution in [0, 0.1) is 0 Å². The van der Waals surface area contributed by atoms with Crippen LogP contribution in [-0.2, 0) is 29.9 Å². The van der Waals surface area contributed by atoms with Gasteiger partial charge in [0.25, 0.3) is 5.56 Å². The highest BCUT2D eigenvalue weighted by atomic mass is 35.5. The van der Waals surface area contributed by atoms with Crippen LogP contribution in [0.1, 0.15) is 34.8 Å². The maximum atomic E-state index is 12.5. The van der Waals surface area contributed by atoms with Crippen LogP contribution in [-0.4, -0.2) is 31.0 Å². The van der Waals surface area contributed by atoms with Gasteiger partial charge in [0, 0.05) is 29.4 Å². The van der Waals surface area contributed by atoms with Crippen LogP contribution in [0.4, 0.5) is 0 Å². The zero-order valence-corrected chi connectivity index (χ0v) is 19.0. The van der Waals surface area contributed by atoms with Gasteiger partial charge in [0.2, 0.25) is 5.91 Å². The van der Waals surface area contributed by atoms with Gasteiger partial charge in [-0.3, -0.25) is 9.59 Å². The summed E-state index contributed by atoms with van der Waals surface area (Å²) in [6.07, 6.45) is 7.19. The summed E-state index contributed by atoms with van der Waals surface area (Å²) in [4.78, 5) is 38.8. The van der Waals surface area contributed by atoms with Crippen LogP contribution in [0.3, 0.4) is 0 Å². The van der Waals surface area contributed by atoms with Crippen molar-refractivity contribution in [3.63, 3.8) is 0 Å². The van der Waals surface area contributed by atoms with Crippen molar-refractivity contribution in [1.29, 1.82) is 0 Å². The Morgan fingerprint density at radius 2 is 2.19 bits per heavy atom. The highest BCUT2D eigenvalue weighted by Crippen LogP contribution is 2.34. The molecule has 1 aliphatic rings. The second-order valence-electron chi connectivity index (χ2n) is 7.47. The lowest BCUT2D eigenvalue weighted by atomic mass is 10.2. The highest BCUT2D eigenvalue weighted by Gasteiger charge is 2.21. The number of nitrogens with zero attached hydrogens (tertiary/aromatic N) is 3. The number of nitrogens with one attached hydrogen (secondary N) is 2. The molecule has 1 aliphatic carbocycles. The first-order chi connectivity index (χ1) is 15.1. The van der Waals surface area contributed by atoms with Gasteiger partial charge in [-0.15, -0.1) is 11.3 Å². The molecule has 0 fully saturated rings. The number of hydrogen-bond donors (Lipinski definition) is 2.